The van der Waals surface area contributed by atoms with Gasteiger partial charge in [-0.2, -0.15) is 5.10 Å². The summed E-state index contributed by atoms with van der Waals surface area (Å²) >= 11 is 0. The van der Waals surface area contributed by atoms with E-state index in [4.69, 9.17) is 0 Å². The van der Waals surface area contributed by atoms with Crippen molar-refractivity contribution < 1.29 is 0 Å². The maximum absolute atomic E-state index is 4.46. The smallest absolute Gasteiger partial charge is 0.0685 e. The minimum atomic E-state index is 0.740. The summed E-state index contributed by atoms with van der Waals surface area (Å²) in [6.45, 7) is 6.28. The Labute approximate surface area is 121 Å². The van der Waals surface area contributed by atoms with E-state index >= 15 is 0 Å². The first-order valence-electron chi connectivity index (χ1n) is 7.63. The molecular formula is C17H23N3. The van der Waals surface area contributed by atoms with E-state index in [1.807, 2.05) is 6.20 Å². The molecule has 1 saturated carbocycles. The first-order chi connectivity index (χ1) is 9.78. The molecule has 3 nitrogen and oxygen atoms in total. The van der Waals surface area contributed by atoms with Gasteiger partial charge in [-0.05, 0) is 43.9 Å². The molecule has 3 heteroatoms. The van der Waals surface area contributed by atoms with Crippen LogP contribution < -0.4 is 5.32 Å². The van der Waals surface area contributed by atoms with Gasteiger partial charge in [0, 0.05) is 30.9 Å². The van der Waals surface area contributed by atoms with Gasteiger partial charge in [-0.25, -0.2) is 0 Å². The summed E-state index contributed by atoms with van der Waals surface area (Å²) < 4.78 is 2.12. The molecule has 0 unspecified atom stereocenters. The summed E-state index contributed by atoms with van der Waals surface area (Å²) in [4.78, 5) is 0. The Kier molecular flexibility index (Phi) is 3.88. The third-order valence-electron chi connectivity index (χ3n) is 3.85. The molecule has 1 aliphatic carbocycles. The zero-order chi connectivity index (χ0) is 13.9. The molecule has 0 aliphatic heterocycles. The maximum Gasteiger partial charge on any atom is 0.0685 e. The van der Waals surface area contributed by atoms with Crippen molar-refractivity contribution in [3.8, 4) is 11.3 Å². The normalized spacial score (nSPS) is 14.7. The van der Waals surface area contributed by atoms with Gasteiger partial charge in [-0.1, -0.05) is 24.6 Å². The van der Waals surface area contributed by atoms with Crippen molar-refractivity contribution in [3.63, 3.8) is 0 Å². The SMILES string of the molecule is CCCn1nccc1-c1cc(C)ccc1CNC1CC1. The summed E-state index contributed by atoms with van der Waals surface area (Å²) in [7, 11) is 0. The van der Waals surface area contributed by atoms with Gasteiger partial charge in [0.1, 0.15) is 0 Å². The number of hydrogen-bond donors (Lipinski definition) is 1. The molecule has 1 fully saturated rings. The van der Waals surface area contributed by atoms with E-state index in [9.17, 15) is 0 Å². The average molecular weight is 269 g/mol. The van der Waals surface area contributed by atoms with Crippen LogP contribution in [0.15, 0.2) is 30.5 Å². The molecule has 3 rings (SSSR count). The molecule has 0 atom stereocenters. The van der Waals surface area contributed by atoms with Crippen LogP contribution in [0.1, 0.15) is 37.3 Å². The Morgan fingerprint density at radius 2 is 2.15 bits per heavy atom. The third-order valence-corrected chi connectivity index (χ3v) is 3.85. The zero-order valence-corrected chi connectivity index (χ0v) is 12.4. The fourth-order valence-electron chi connectivity index (χ4n) is 2.58. The number of benzene rings is 1. The van der Waals surface area contributed by atoms with Crippen LogP contribution in [0.3, 0.4) is 0 Å². The van der Waals surface area contributed by atoms with Gasteiger partial charge in [0.2, 0.25) is 0 Å². The number of nitrogens with zero attached hydrogens (tertiary/aromatic N) is 2. The second kappa shape index (κ2) is 5.80. The highest BCUT2D eigenvalue weighted by molar-refractivity contribution is 5.65. The quantitative estimate of drug-likeness (QED) is 0.869. The fourth-order valence-corrected chi connectivity index (χ4v) is 2.58. The molecule has 1 aromatic carbocycles. The van der Waals surface area contributed by atoms with Gasteiger partial charge in [0.05, 0.1) is 5.69 Å². The largest absolute Gasteiger partial charge is 0.310 e. The second-order valence-electron chi connectivity index (χ2n) is 5.76. The summed E-state index contributed by atoms with van der Waals surface area (Å²) in [6.07, 6.45) is 5.67. The van der Waals surface area contributed by atoms with E-state index in [-0.39, 0.29) is 0 Å². The first-order valence-corrected chi connectivity index (χ1v) is 7.63. The van der Waals surface area contributed by atoms with Crippen LogP contribution in [0.5, 0.6) is 0 Å². The van der Waals surface area contributed by atoms with E-state index in [1.165, 1.54) is 35.2 Å². The zero-order valence-electron chi connectivity index (χ0n) is 12.4. The van der Waals surface area contributed by atoms with Crippen LogP contribution in [-0.2, 0) is 13.1 Å². The second-order valence-corrected chi connectivity index (χ2v) is 5.76. The maximum atomic E-state index is 4.46. The number of aryl methyl sites for hydroxylation is 2. The standard InChI is InChI=1S/C17H23N3/c1-3-10-20-17(8-9-19-20)16-11-13(2)4-5-14(16)12-18-15-6-7-15/h4-5,8-9,11,15,18H,3,6-7,10,12H2,1-2H3. The predicted octanol–water partition coefficient (Wildman–Crippen LogP) is 3.52. The van der Waals surface area contributed by atoms with Crippen molar-refractivity contribution in [2.75, 3.05) is 0 Å². The highest BCUT2D eigenvalue weighted by Gasteiger charge is 2.21. The van der Waals surface area contributed by atoms with Crippen molar-refractivity contribution in [1.29, 1.82) is 0 Å². The predicted molar refractivity (Wildman–Crippen MR) is 82.6 cm³/mol. The van der Waals surface area contributed by atoms with E-state index in [0.29, 0.717) is 0 Å². The lowest BCUT2D eigenvalue weighted by Gasteiger charge is -2.13. The number of rotatable bonds is 6. The lowest BCUT2D eigenvalue weighted by atomic mass is 10.0. The molecule has 0 spiro atoms. The molecule has 20 heavy (non-hydrogen) atoms. The molecule has 0 amide bonds. The number of hydrogen-bond acceptors (Lipinski definition) is 2. The minimum absolute atomic E-state index is 0.740. The van der Waals surface area contributed by atoms with Crippen LogP contribution in [-0.4, -0.2) is 15.8 Å². The van der Waals surface area contributed by atoms with E-state index in [1.54, 1.807) is 0 Å². The van der Waals surface area contributed by atoms with Crippen molar-refractivity contribution in [2.45, 2.75) is 52.2 Å². The fraction of sp³-hybridized carbons (Fsp3) is 0.471. The molecule has 0 bridgehead atoms. The molecule has 1 aliphatic rings. The molecule has 0 radical (unpaired) electrons. The van der Waals surface area contributed by atoms with E-state index < -0.39 is 0 Å². The highest BCUT2D eigenvalue weighted by atomic mass is 15.3. The monoisotopic (exact) mass is 269 g/mol. The average Bonchev–Trinajstić information content (AvgIpc) is 3.16. The molecule has 1 N–H and O–H groups in total. The van der Waals surface area contributed by atoms with Crippen molar-refractivity contribution in [1.82, 2.24) is 15.1 Å². The Bertz CT molecular complexity index is 582. The van der Waals surface area contributed by atoms with Crippen LogP contribution in [0.4, 0.5) is 0 Å². The van der Waals surface area contributed by atoms with E-state index in [0.717, 1.165) is 25.6 Å². The Balaban J connectivity index is 1.92. The van der Waals surface area contributed by atoms with Gasteiger partial charge in [0.25, 0.3) is 0 Å². The Hall–Kier alpha value is -1.61. The minimum Gasteiger partial charge on any atom is -0.310 e. The van der Waals surface area contributed by atoms with Gasteiger partial charge >= 0.3 is 0 Å². The molecule has 0 saturated heterocycles. The molecule has 2 aromatic rings. The Morgan fingerprint density at radius 3 is 2.90 bits per heavy atom. The van der Waals surface area contributed by atoms with Crippen LogP contribution in [0.25, 0.3) is 11.3 Å². The molecule has 1 aromatic heterocycles. The van der Waals surface area contributed by atoms with E-state index in [2.05, 4.69) is 53.2 Å². The van der Waals surface area contributed by atoms with Crippen LogP contribution in [0, 0.1) is 6.92 Å². The molecular weight excluding hydrogens is 246 g/mol. The summed E-state index contributed by atoms with van der Waals surface area (Å²) in [5.41, 5.74) is 5.24. The van der Waals surface area contributed by atoms with Crippen molar-refractivity contribution in [2.24, 2.45) is 0 Å². The summed E-state index contributed by atoms with van der Waals surface area (Å²) in [5, 5.41) is 8.07. The highest BCUT2D eigenvalue weighted by Crippen LogP contribution is 2.26. The lowest BCUT2D eigenvalue weighted by molar-refractivity contribution is 0.608. The van der Waals surface area contributed by atoms with Crippen molar-refractivity contribution in [3.05, 3.63) is 41.6 Å². The third kappa shape index (κ3) is 2.93. The van der Waals surface area contributed by atoms with Crippen LogP contribution in [0.2, 0.25) is 0 Å². The summed E-state index contributed by atoms with van der Waals surface area (Å²) in [6, 6.07) is 9.61. The van der Waals surface area contributed by atoms with Gasteiger partial charge < -0.3 is 5.32 Å². The lowest BCUT2D eigenvalue weighted by Crippen LogP contribution is -2.16. The number of aromatic nitrogens is 2. The van der Waals surface area contributed by atoms with Gasteiger partial charge in [-0.3, -0.25) is 4.68 Å². The number of nitrogens with one attached hydrogen (secondary N) is 1. The molecule has 106 valence electrons. The topological polar surface area (TPSA) is 29.9 Å². The van der Waals surface area contributed by atoms with Gasteiger partial charge in [0.15, 0.2) is 0 Å². The van der Waals surface area contributed by atoms with Crippen LogP contribution >= 0.6 is 0 Å². The summed E-state index contributed by atoms with van der Waals surface area (Å²) in [5.74, 6) is 0. The molecule has 1 heterocycles. The van der Waals surface area contributed by atoms with Crippen molar-refractivity contribution >= 4 is 0 Å². The first kappa shape index (κ1) is 13.4. The Morgan fingerprint density at radius 1 is 1.30 bits per heavy atom. The van der Waals surface area contributed by atoms with Gasteiger partial charge in [-0.15, -0.1) is 0 Å².